The Morgan fingerprint density at radius 1 is 1.50 bits per heavy atom. The van der Waals surface area contributed by atoms with Gasteiger partial charge >= 0.3 is 0 Å². The maximum atomic E-state index is 11.3. The summed E-state index contributed by atoms with van der Waals surface area (Å²) in [7, 11) is 0. The summed E-state index contributed by atoms with van der Waals surface area (Å²) in [6.45, 7) is 2.99. The lowest BCUT2D eigenvalue weighted by Gasteiger charge is -2.13. The highest BCUT2D eigenvalue weighted by atomic mass is 32.2. The van der Waals surface area contributed by atoms with Crippen LogP contribution in [-0.4, -0.2) is 23.9 Å². The third-order valence-electron chi connectivity index (χ3n) is 3.12. The second kappa shape index (κ2) is 6.22. The number of benzene rings is 1. The quantitative estimate of drug-likeness (QED) is 0.494. The third kappa shape index (κ3) is 3.25. The Kier molecular flexibility index (Phi) is 4.63. The van der Waals surface area contributed by atoms with E-state index in [1.54, 1.807) is 12.1 Å². The highest BCUT2D eigenvalue weighted by Gasteiger charge is 2.24. The average molecular weight is 266 g/mol. The fraction of sp³-hybridized carbons (Fsp3) is 0.462. The molecule has 1 saturated heterocycles. The summed E-state index contributed by atoms with van der Waals surface area (Å²) in [6, 6.07) is 7.54. The van der Waals surface area contributed by atoms with Crippen molar-refractivity contribution < 1.29 is 9.53 Å². The van der Waals surface area contributed by atoms with E-state index in [4.69, 9.17) is 10.6 Å². The number of hydrazine groups is 1. The third-order valence-corrected chi connectivity index (χ3v) is 4.67. The Balaban J connectivity index is 1.88. The first-order valence-electron chi connectivity index (χ1n) is 6.04. The molecule has 4 nitrogen and oxygen atoms in total. The van der Waals surface area contributed by atoms with Crippen LogP contribution in [0.5, 0.6) is 0 Å². The molecule has 2 unspecified atom stereocenters. The second-order valence-electron chi connectivity index (χ2n) is 4.38. The molecule has 5 heteroatoms. The van der Waals surface area contributed by atoms with E-state index in [0.29, 0.717) is 16.9 Å². The van der Waals surface area contributed by atoms with E-state index < -0.39 is 0 Å². The van der Waals surface area contributed by atoms with Crippen LogP contribution in [0.15, 0.2) is 24.3 Å². The molecule has 0 saturated carbocycles. The minimum absolute atomic E-state index is 0.257. The van der Waals surface area contributed by atoms with Crippen LogP contribution in [-0.2, 0) is 10.5 Å². The highest BCUT2D eigenvalue weighted by Crippen LogP contribution is 2.28. The lowest BCUT2D eigenvalue weighted by molar-refractivity contribution is 0.0953. The minimum Gasteiger partial charge on any atom is -0.377 e. The van der Waals surface area contributed by atoms with E-state index in [0.717, 1.165) is 18.8 Å². The molecule has 1 aliphatic heterocycles. The predicted octanol–water partition coefficient (Wildman–Crippen LogP) is 1.70. The fourth-order valence-corrected chi connectivity index (χ4v) is 3.18. The molecule has 2 atom stereocenters. The lowest BCUT2D eigenvalue weighted by atomic mass is 10.1. The van der Waals surface area contributed by atoms with Crippen molar-refractivity contribution >= 4 is 17.7 Å². The van der Waals surface area contributed by atoms with Gasteiger partial charge in [-0.2, -0.15) is 11.8 Å². The molecule has 18 heavy (non-hydrogen) atoms. The van der Waals surface area contributed by atoms with Gasteiger partial charge in [-0.15, -0.1) is 0 Å². The van der Waals surface area contributed by atoms with Crippen molar-refractivity contribution in [2.24, 2.45) is 5.84 Å². The Morgan fingerprint density at radius 3 is 2.78 bits per heavy atom. The molecule has 1 amide bonds. The normalized spacial score (nSPS) is 23.0. The van der Waals surface area contributed by atoms with E-state index in [9.17, 15) is 4.79 Å². The van der Waals surface area contributed by atoms with Gasteiger partial charge in [0.15, 0.2) is 0 Å². The highest BCUT2D eigenvalue weighted by molar-refractivity contribution is 7.99. The second-order valence-corrected chi connectivity index (χ2v) is 5.61. The number of amides is 1. The number of hydrogen-bond donors (Lipinski definition) is 2. The van der Waals surface area contributed by atoms with Crippen LogP contribution in [0, 0.1) is 0 Å². The maximum absolute atomic E-state index is 11.3. The van der Waals surface area contributed by atoms with E-state index >= 15 is 0 Å². The summed E-state index contributed by atoms with van der Waals surface area (Å²) >= 11 is 1.91. The number of rotatable bonds is 4. The van der Waals surface area contributed by atoms with Crippen LogP contribution in [0.25, 0.3) is 0 Å². The zero-order valence-corrected chi connectivity index (χ0v) is 11.2. The van der Waals surface area contributed by atoms with Crippen molar-refractivity contribution in [3.63, 3.8) is 0 Å². The smallest absolute Gasteiger partial charge is 0.265 e. The van der Waals surface area contributed by atoms with Gasteiger partial charge < -0.3 is 4.74 Å². The van der Waals surface area contributed by atoms with E-state index in [-0.39, 0.29) is 5.91 Å². The molecule has 0 aromatic heterocycles. The Labute approximate surface area is 111 Å². The van der Waals surface area contributed by atoms with Gasteiger partial charge in [0.2, 0.25) is 0 Å². The van der Waals surface area contributed by atoms with Crippen molar-refractivity contribution in [1.29, 1.82) is 0 Å². The Bertz CT molecular complexity index is 408. The van der Waals surface area contributed by atoms with Gasteiger partial charge in [-0.1, -0.05) is 12.1 Å². The van der Waals surface area contributed by atoms with Crippen LogP contribution in [0.1, 0.15) is 29.3 Å². The standard InChI is InChI=1S/C13H18N2O2S/c1-9-12(6-7-17-9)18-8-10-2-4-11(5-3-10)13(16)15-14/h2-5,9,12H,6-8,14H2,1H3,(H,15,16). The summed E-state index contributed by atoms with van der Waals surface area (Å²) < 4.78 is 5.53. The number of carbonyl (C=O) groups is 1. The van der Waals surface area contributed by atoms with Crippen LogP contribution in [0.4, 0.5) is 0 Å². The van der Waals surface area contributed by atoms with Gasteiger partial charge in [-0.3, -0.25) is 10.2 Å². The number of thioether (sulfide) groups is 1. The van der Waals surface area contributed by atoms with Crippen molar-refractivity contribution in [2.45, 2.75) is 30.5 Å². The van der Waals surface area contributed by atoms with E-state index in [2.05, 4.69) is 12.3 Å². The largest absolute Gasteiger partial charge is 0.377 e. The van der Waals surface area contributed by atoms with E-state index in [1.807, 2.05) is 23.9 Å². The van der Waals surface area contributed by atoms with Gasteiger partial charge in [-0.05, 0) is 31.0 Å². The molecule has 0 aliphatic carbocycles. The number of ether oxygens (including phenoxy) is 1. The summed E-state index contributed by atoms with van der Waals surface area (Å²) in [5.74, 6) is 5.77. The van der Waals surface area contributed by atoms with Crippen molar-refractivity contribution in [3.8, 4) is 0 Å². The first-order chi connectivity index (χ1) is 8.70. The van der Waals surface area contributed by atoms with Crippen LogP contribution < -0.4 is 11.3 Å². The lowest BCUT2D eigenvalue weighted by Crippen LogP contribution is -2.29. The fourth-order valence-electron chi connectivity index (χ4n) is 1.97. The summed E-state index contributed by atoms with van der Waals surface area (Å²) in [5, 5.41) is 0.581. The molecule has 1 aliphatic rings. The van der Waals surface area contributed by atoms with Gasteiger partial charge in [0, 0.05) is 23.2 Å². The number of nitrogens with two attached hydrogens (primary N) is 1. The number of carbonyl (C=O) groups excluding carboxylic acids is 1. The summed E-state index contributed by atoms with van der Waals surface area (Å²) in [4.78, 5) is 11.3. The molecule has 1 heterocycles. The zero-order valence-electron chi connectivity index (χ0n) is 10.4. The monoisotopic (exact) mass is 266 g/mol. The summed E-state index contributed by atoms with van der Waals surface area (Å²) in [6.07, 6.45) is 1.47. The van der Waals surface area contributed by atoms with Gasteiger partial charge in [-0.25, -0.2) is 5.84 Å². The molecule has 98 valence electrons. The maximum Gasteiger partial charge on any atom is 0.265 e. The molecular formula is C13H18N2O2S. The number of hydrogen-bond acceptors (Lipinski definition) is 4. The molecule has 0 spiro atoms. The van der Waals surface area contributed by atoms with Crippen molar-refractivity contribution in [2.75, 3.05) is 6.61 Å². The molecule has 1 fully saturated rings. The van der Waals surface area contributed by atoms with Crippen LogP contribution in [0.2, 0.25) is 0 Å². The summed E-state index contributed by atoms with van der Waals surface area (Å²) in [5.41, 5.74) is 3.92. The van der Waals surface area contributed by atoms with Gasteiger partial charge in [0.1, 0.15) is 0 Å². The first kappa shape index (κ1) is 13.4. The molecule has 1 aromatic carbocycles. The molecule has 2 rings (SSSR count). The zero-order chi connectivity index (χ0) is 13.0. The predicted molar refractivity (Wildman–Crippen MR) is 73.2 cm³/mol. The molecular weight excluding hydrogens is 248 g/mol. The van der Waals surface area contributed by atoms with Crippen LogP contribution in [0.3, 0.4) is 0 Å². The Hall–Kier alpha value is -1.04. The number of nitrogens with one attached hydrogen (secondary N) is 1. The van der Waals surface area contributed by atoms with E-state index in [1.165, 1.54) is 5.56 Å². The van der Waals surface area contributed by atoms with Crippen molar-refractivity contribution in [3.05, 3.63) is 35.4 Å². The van der Waals surface area contributed by atoms with Crippen LogP contribution >= 0.6 is 11.8 Å². The minimum atomic E-state index is -0.257. The molecule has 3 N–H and O–H groups in total. The van der Waals surface area contributed by atoms with Gasteiger partial charge in [0.25, 0.3) is 5.91 Å². The SMILES string of the molecule is CC1OCCC1SCc1ccc(C(=O)NN)cc1. The molecule has 1 aromatic rings. The average Bonchev–Trinajstić information content (AvgIpc) is 2.81. The first-order valence-corrected chi connectivity index (χ1v) is 7.08. The molecule has 0 radical (unpaired) electrons. The molecule has 0 bridgehead atoms. The van der Waals surface area contributed by atoms with Gasteiger partial charge in [0.05, 0.1) is 6.10 Å². The Morgan fingerprint density at radius 2 is 2.22 bits per heavy atom. The topological polar surface area (TPSA) is 64.3 Å². The van der Waals surface area contributed by atoms with Crippen molar-refractivity contribution in [1.82, 2.24) is 5.43 Å². The number of nitrogen functional groups attached to an aromatic ring is 1.